The van der Waals surface area contributed by atoms with Gasteiger partial charge in [0, 0.05) is 20.8 Å². The van der Waals surface area contributed by atoms with Crippen molar-refractivity contribution in [3.05, 3.63) is 0 Å². The largest absolute Gasteiger partial charge is 0.481 e. The maximum Gasteiger partial charge on any atom is 0.305 e. The van der Waals surface area contributed by atoms with Gasteiger partial charge in [-0.1, -0.05) is 0 Å². The SMILES string of the molecule is CC(=O)OCC(COCCC(=O)O)(COC(C)=O)COC(C)=O. The number of carboxylic acid groups (broad SMARTS) is 1. The summed E-state index contributed by atoms with van der Waals surface area (Å²) < 4.78 is 20.0. The predicted octanol–water partition coefficient (Wildman–Crippen LogP) is 0.153. The molecule has 0 aliphatic rings. The fourth-order valence-electron chi connectivity index (χ4n) is 1.46. The monoisotopic (exact) mass is 334 g/mol. The van der Waals surface area contributed by atoms with Crippen molar-refractivity contribution < 1.29 is 43.2 Å². The Hall–Kier alpha value is -2.16. The van der Waals surface area contributed by atoms with Crippen LogP contribution in [0.5, 0.6) is 0 Å². The molecule has 0 saturated heterocycles. The van der Waals surface area contributed by atoms with Gasteiger partial charge >= 0.3 is 23.9 Å². The summed E-state index contributed by atoms with van der Waals surface area (Å²) in [6, 6.07) is 0. The van der Waals surface area contributed by atoms with Gasteiger partial charge in [0.05, 0.1) is 25.0 Å². The van der Waals surface area contributed by atoms with Gasteiger partial charge in [-0.25, -0.2) is 0 Å². The van der Waals surface area contributed by atoms with Gasteiger partial charge in [0.2, 0.25) is 0 Å². The molecule has 0 rings (SSSR count). The van der Waals surface area contributed by atoms with E-state index >= 15 is 0 Å². The molecular weight excluding hydrogens is 312 g/mol. The molecule has 0 atom stereocenters. The van der Waals surface area contributed by atoms with Crippen molar-refractivity contribution in [3.8, 4) is 0 Å². The van der Waals surface area contributed by atoms with Crippen LogP contribution in [-0.2, 0) is 38.1 Å². The number of hydrogen-bond acceptors (Lipinski definition) is 8. The van der Waals surface area contributed by atoms with Crippen molar-refractivity contribution >= 4 is 23.9 Å². The summed E-state index contributed by atoms with van der Waals surface area (Å²) in [6.45, 7) is 2.77. The van der Waals surface area contributed by atoms with E-state index in [0.717, 1.165) is 0 Å². The molecule has 0 radical (unpaired) electrons. The third-order valence-electron chi connectivity index (χ3n) is 2.61. The molecule has 0 aliphatic heterocycles. The van der Waals surface area contributed by atoms with E-state index in [-0.39, 0.29) is 39.5 Å². The molecule has 0 aromatic heterocycles. The van der Waals surface area contributed by atoms with Gasteiger partial charge in [0.15, 0.2) is 0 Å². The van der Waals surface area contributed by atoms with Crippen molar-refractivity contribution in [2.24, 2.45) is 5.41 Å². The Morgan fingerprint density at radius 1 is 0.783 bits per heavy atom. The lowest BCUT2D eigenvalue weighted by molar-refractivity contribution is -0.164. The van der Waals surface area contributed by atoms with E-state index in [0.29, 0.717) is 0 Å². The zero-order chi connectivity index (χ0) is 17.9. The van der Waals surface area contributed by atoms with Gasteiger partial charge in [0.1, 0.15) is 19.8 Å². The van der Waals surface area contributed by atoms with E-state index < -0.39 is 29.3 Å². The second-order valence-corrected chi connectivity index (χ2v) is 5.04. The van der Waals surface area contributed by atoms with Crippen LogP contribution < -0.4 is 0 Å². The van der Waals surface area contributed by atoms with Crippen molar-refractivity contribution in [1.82, 2.24) is 0 Å². The molecule has 0 bridgehead atoms. The number of carboxylic acids is 1. The van der Waals surface area contributed by atoms with Crippen LogP contribution in [0.25, 0.3) is 0 Å². The van der Waals surface area contributed by atoms with Crippen molar-refractivity contribution in [1.29, 1.82) is 0 Å². The van der Waals surface area contributed by atoms with E-state index in [4.69, 9.17) is 24.1 Å². The number of hydrogen-bond donors (Lipinski definition) is 1. The molecule has 0 unspecified atom stereocenters. The maximum absolute atomic E-state index is 11.0. The van der Waals surface area contributed by atoms with Gasteiger partial charge in [-0.05, 0) is 0 Å². The molecule has 0 fully saturated rings. The lowest BCUT2D eigenvalue weighted by Crippen LogP contribution is -2.43. The summed E-state index contributed by atoms with van der Waals surface area (Å²) in [5.74, 6) is -2.72. The highest BCUT2D eigenvalue weighted by atomic mass is 16.6. The normalized spacial score (nSPS) is 10.7. The van der Waals surface area contributed by atoms with E-state index in [1.807, 2.05) is 0 Å². The lowest BCUT2D eigenvalue weighted by atomic mass is 9.92. The molecule has 9 heteroatoms. The lowest BCUT2D eigenvalue weighted by Gasteiger charge is -2.31. The third-order valence-corrected chi connectivity index (χ3v) is 2.61. The van der Waals surface area contributed by atoms with Crippen molar-refractivity contribution in [2.45, 2.75) is 27.2 Å². The molecule has 0 aromatic rings. The smallest absolute Gasteiger partial charge is 0.305 e. The molecule has 1 N–H and O–H groups in total. The number of ether oxygens (including phenoxy) is 4. The van der Waals surface area contributed by atoms with Crippen LogP contribution in [0.3, 0.4) is 0 Å². The molecule has 132 valence electrons. The molecule has 0 spiro atoms. The van der Waals surface area contributed by atoms with Gasteiger partial charge in [0.25, 0.3) is 0 Å². The number of rotatable bonds is 11. The summed E-state index contributed by atoms with van der Waals surface area (Å²) in [4.78, 5) is 43.6. The summed E-state index contributed by atoms with van der Waals surface area (Å²) in [7, 11) is 0. The fourth-order valence-corrected chi connectivity index (χ4v) is 1.46. The highest BCUT2D eigenvalue weighted by Gasteiger charge is 2.35. The van der Waals surface area contributed by atoms with Gasteiger partial charge in [-0.2, -0.15) is 0 Å². The Kier molecular flexibility index (Phi) is 9.56. The Morgan fingerprint density at radius 2 is 1.17 bits per heavy atom. The Morgan fingerprint density at radius 3 is 1.48 bits per heavy atom. The average molecular weight is 334 g/mol. The zero-order valence-electron chi connectivity index (χ0n) is 13.5. The number of aliphatic carboxylic acids is 1. The van der Waals surface area contributed by atoms with E-state index in [1.165, 1.54) is 20.8 Å². The predicted molar refractivity (Wildman–Crippen MR) is 75.4 cm³/mol. The van der Waals surface area contributed by atoms with Crippen LogP contribution in [0.2, 0.25) is 0 Å². The maximum atomic E-state index is 11.0. The molecule has 9 nitrogen and oxygen atoms in total. The number of esters is 3. The second-order valence-electron chi connectivity index (χ2n) is 5.04. The van der Waals surface area contributed by atoms with Crippen LogP contribution in [0.15, 0.2) is 0 Å². The van der Waals surface area contributed by atoms with Gasteiger partial charge in [-0.15, -0.1) is 0 Å². The first-order chi connectivity index (χ1) is 10.7. The van der Waals surface area contributed by atoms with Crippen LogP contribution >= 0.6 is 0 Å². The first-order valence-electron chi connectivity index (χ1n) is 6.86. The molecule has 0 heterocycles. The van der Waals surface area contributed by atoms with Crippen LogP contribution in [0, 0.1) is 5.41 Å². The summed E-state index contributed by atoms with van der Waals surface area (Å²) in [5, 5.41) is 8.58. The second kappa shape index (κ2) is 10.5. The Balaban J connectivity index is 4.92. The highest BCUT2D eigenvalue weighted by Crippen LogP contribution is 2.21. The van der Waals surface area contributed by atoms with E-state index in [9.17, 15) is 19.2 Å². The highest BCUT2D eigenvalue weighted by molar-refractivity contribution is 5.67. The first kappa shape index (κ1) is 20.8. The van der Waals surface area contributed by atoms with Crippen LogP contribution in [-0.4, -0.2) is 62.0 Å². The number of carbonyl (C=O) groups is 4. The summed E-state index contributed by atoms with van der Waals surface area (Å²) >= 11 is 0. The van der Waals surface area contributed by atoms with Crippen LogP contribution in [0.4, 0.5) is 0 Å². The Labute approximate surface area is 133 Å². The minimum atomic E-state index is -1.11. The fraction of sp³-hybridized carbons (Fsp3) is 0.714. The topological polar surface area (TPSA) is 125 Å². The molecule has 23 heavy (non-hydrogen) atoms. The Bertz CT molecular complexity index is 384. The zero-order valence-corrected chi connectivity index (χ0v) is 13.5. The minimum absolute atomic E-state index is 0.0860. The molecule has 0 aliphatic carbocycles. The van der Waals surface area contributed by atoms with Crippen molar-refractivity contribution in [2.75, 3.05) is 33.0 Å². The average Bonchev–Trinajstić information content (AvgIpc) is 2.44. The minimum Gasteiger partial charge on any atom is -0.481 e. The summed E-state index contributed by atoms with van der Waals surface area (Å²) in [6.07, 6.45) is -0.217. The molecular formula is C14H22O9. The van der Waals surface area contributed by atoms with Gasteiger partial charge < -0.3 is 24.1 Å². The number of carbonyl (C=O) groups excluding carboxylic acids is 3. The van der Waals surface area contributed by atoms with E-state index in [2.05, 4.69) is 0 Å². The van der Waals surface area contributed by atoms with E-state index in [1.54, 1.807) is 0 Å². The third kappa shape index (κ3) is 11.1. The molecule has 0 aromatic carbocycles. The van der Waals surface area contributed by atoms with Crippen molar-refractivity contribution in [3.63, 3.8) is 0 Å². The first-order valence-corrected chi connectivity index (χ1v) is 6.86. The van der Waals surface area contributed by atoms with Gasteiger partial charge in [-0.3, -0.25) is 19.2 Å². The standard InChI is InChI=1S/C14H22O9/c1-10(15)21-7-14(8-22-11(2)16,9-23-12(3)17)6-20-5-4-13(18)19/h4-9H2,1-3H3,(H,18,19). The molecule has 0 amide bonds. The molecule has 0 saturated carbocycles. The quantitative estimate of drug-likeness (QED) is 0.319. The summed E-state index contributed by atoms with van der Waals surface area (Å²) in [5.41, 5.74) is -1.11. The van der Waals surface area contributed by atoms with Crippen LogP contribution in [0.1, 0.15) is 27.2 Å².